The van der Waals surface area contributed by atoms with Crippen LogP contribution >= 0.6 is 46.4 Å². The van der Waals surface area contributed by atoms with E-state index in [1.807, 2.05) is 13.8 Å². The van der Waals surface area contributed by atoms with Gasteiger partial charge >= 0.3 is 0 Å². The molecule has 0 aromatic rings. The van der Waals surface area contributed by atoms with Gasteiger partial charge in [-0.2, -0.15) is 0 Å². The Labute approximate surface area is 81.8 Å². The molecular formula is C6H10Cl4. The summed E-state index contributed by atoms with van der Waals surface area (Å²) in [6.07, 6.45) is 0.779. The molecule has 2 unspecified atom stereocenters. The van der Waals surface area contributed by atoms with Crippen molar-refractivity contribution in [3.8, 4) is 0 Å². The first-order valence-electron chi connectivity index (χ1n) is 3.10. The molecule has 0 N–H and O–H groups in total. The van der Waals surface area contributed by atoms with Crippen LogP contribution in [0.4, 0.5) is 0 Å². The first-order chi connectivity index (χ1) is 4.39. The van der Waals surface area contributed by atoms with Gasteiger partial charge in [0.15, 0.2) is 3.79 Å². The predicted molar refractivity (Wildman–Crippen MR) is 49.4 cm³/mol. The summed E-state index contributed by atoms with van der Waals surface area (Å²) in [7, 11) is 0. The molecule has 10 heavy (non-hydrogen) atoms. The van der Waals surface area contributed by atoms with Crippen molar-refractivity contribution in [2.45, 2.75) is 29.4 Å². The summed E-state index contributed by atoms with van der Waals surface area (Å²) in [6, 6.07) is 0. The van der Waals surface area contributed by atoms with Crippen LogP contribution in [0.2, 0.25) is 0 Å². The number of halogens is 4. The molecule has 0 rings (SSSR count). The zero-order chi connectivity index (χ0) is 8.36. The van der Waals surface area contributed by atoms with Crippen LogP contribution in [0.1, 0.15) is 20.3 Å². The molecule has 0 nitrogen and oxygen atoms in total. The summed E-state index contributed by atoms with van der Waals surface area (Å²) in [5, 5.41) is -0.0995. The molecule has 0 aromatic carbocycles. The molecule has 4 heteroatoms. The van der Waals surface area contributed by atoms with Gasteiger partial charge in [0.2, 0.25) is 0 Å². The van der Waals surface area contributed by atoms with Crippen LogP contribution in [-0.4, -0.2) is 9.17 Å². The Bertz CT molecular complexity index is 94.4. The first kappa shape index (κ1) is 11.2. The fourth-order valence-corrected chi connectivity index (χ4v) is 2.41. The number of hydrogen-bond donors (Lipinski definition) is 0. The summed E-state index contributed by atoms with van der Waals surface area (Å²) >= 11 is 22.7. The Morgan fingerprint density at radius 2 is 1.70 bits per heavy atom. The van der Waals surface area contributed by atoms with Crippen molar-refractivity contribution < 1.29 is 0 Å². The maximum Gasteiger partial charge on any atom is 0.194 e. The lowest BCUT2D eigenvalue weighted by Crippen LogP contribution is -2.25. The van der Waals surface area contributed by atoms with Crippen molar-refractivity contribution >= 4 is 46.4 Å². The predicted octanol–water partition coefficient (Wildman–Crippen LogP) is 4.01. The largest absolute Gasteiger partial charge is 0.194 e. The molecule has 0 radical (unpaired) electrons. The van der Waals surface area contributed by atoms with E-state index in [0.717, 1.165) is 6.42 Å². The van der Waals surface area contributed by atoms with Gasteiger partial charge in [0.05, 0.1) is 0 Å². The molecule has 0 spiro atoms. The van der Waals surface area contributed by atoms with Crippen LogP contribution in [0.25, 0.3) is 0 Å². The fourth-order valence-electron chi connectivity index (χ4n) is 0.817. The molecule has 2 atom stereocenters. The maximum absolute atomic E-state index is 5.78. The van der Waals surface area contributed by atoms with Gasteiger partial charge in [-0.15, -0.1) is 11.6 Å². The first-order valence-corrected chi connectivity index (χ1v) is 4.67. The van der Waals surface area contributed by atoms with Crippen molar-refractivity contribution in [2.75, 3.05) is 0 Å². The molecular weight excluding hydrogens is 214 g/mol. The van der Waals surface area contributed by atoms with Gasteiger partial charge in [0.25, 0.3) is 0 Å². The topological polar surface area (TPSA) is 0 Å². The van der Waals surface area contributed by atoms with E-state index in [0.29, 0.717) is 0 Å². The van der Waals surface area contributed by atoms with E-state index in [9.17, 15) is 0 Å². The van der Waals surface area contributed by atoms with Gasteiger partial charge < -0.3 is 0 Å². The van der Waals surface area contributed by atoms with Gasteiger partial charge in [0, 0.05) is 11.3 Å². The standard InChI is InChI=1S/C6H10Cl4/c1-3-5(4(2)7)6(8,9)10/h4-5H,3H2,1-2H3. The molecule has 62 valence electrons. The van der Waals surface area contributed by atoms with E-state index in [2.05, 4.69) is 0 Å². The van der Waals surface area contributed by atoms with E-state index in [4.69, 9.17) is 46.4 Å². The second-order valence-corrected chi connectivity index (χ2v) is 5.29. The Hall–Kier alpha value is 1.16. The van der Waals surface area contributed by atoms with Crippen LogP contribution < -0.4 is 0 Å². The highest BCUT2D eigenvalue weighted by Crippen LogP contribution is 2.40. The Morgan fingerprint density at radius 3 is 1.70 bits per heavy atom. The lowest BCUT2D eigenvalue weighted by atomic mass is 10.1. The zero-order valence-electron chi connectivity index (χ0n) is 5.87. The normalized spacial score (nSPS) is 18.6. The van der Waals surface area contributed by atoms with Crippen molar-refractivity contribution in [3.05, 3.63) is 0 Å². The average Bonchev–Trinajstić information content (AvgIpc) is 1.60. The Balaban J connectivity index is 4.07. The van der Waals surface area contributed by atoms with Crippen molar-refractivity contribution in [1.82, 2.24) is 0 Å². The molecule has 0 saturated heterocycles. The smallest absolute Gasteiger partial charge is 0.123 e. The molecule has 0 aromatic heterocycles. The molecule has 0 bridgehead atoms. The highest BCUT2D eigenvalue weighted by atomic mass is 35.6. The summed E-state index contributed by atoms with van der Waals surface area (Å²) in [6.45, 7) is 3.78. The Morgan fingerprint density at radius 1 is 1.30 bits per heavy atom. The van der Waals surface area contributed by atoms with E-state index in [1.165, 1.54) is 0 Å². The average molecular weight is 224 g/mol. The minimum absolute atomic E-state index is 0.0702. The highest BCUT2D eigenvalue weighted by Gasteiger charge is 2.34. The zero-order valence-corrected chi connectivity index (χ0v) is 8.90. The van der Waals surface area contributed by atoms with Gasteiger partial charge in [-0.25, -0.2) is 0 Å². The van der Waals surface area contributed by atoms with Crippen LogP contribution in [0.15, 0.2) is 0 Å². The second-order valence-electron chi connectivity index (χ2n) is 2.23. The van der Waals surface area contributed by atoms with Crippen LogP contribution in [-0.2, 0) is 0 Å². The quantitative estimate of drug-likeness (QED) is 0.621. The van der Waals surface area contributed by atoms with E-state index in [1.54, 1.807) is 0 Å². The SMILES string of the molecule is CCC(C(C)Cl)C(Cl)(Cl)Cl. The van der Waals surface area contributed by atoms with Crippen molar-refractivity contribution in [1.29, 1.82) is 0 Å². The number of rotatable bonds is 2. The maximum atomic E-state index is 5.78. The summed E-state index contributed by atoms with van der Waals surface area (Å²) in [5.74, 6) is -0.0702. The van der Waals surface area contributed by atoms with E-state index < -0.39 is 3.79 Å². The van der Waals surface area contributed by atoms with Gasteiger partial charge in [0.1, 0.15) is 0 Å². The third kappa shape index (κ3) is 3.52. The molecule has 0 aliphatic rings. The number of hydrogen-bond acceptors (Lipinski definition) is 0. The molecule has 0 heterocycles. The van der Waals surface area contributed by atoms with Gasteiger partial charge in [-0.1, -0.05) is 41.7 Å². The minimum atomic E-state index is -1.23. The third-order valence-electron chi connectivity index (χ3n) is 1.41. The summed E-state index contributed by atoms with van der Waals surface area (Å²) in [5.41, 5.74) is 0. The fraction of sp³-hybridized carbons (Fsp3) is 1.00. The summed E-state index contributed by atoms with van der Waals surface area (Å²) < 4.78 is -1.23. The molecule has 0 amide bonds. The molecule has 0 fully saturated rings. The van der Waals surface area contributed by atoms with Gasteiger partial charge in [-0.05, 0) is 13.3 Å². The van der Waals surface area contributed by atoms with E-state index >= 15 is 0 Å². The van der Waals surface area contributed by atoms with Crippen LogP contribution in [0.5, 0.6) is 0 Å². The van der Waals surface area contributed by atoms with Crippen LogP contribution in [0, 0.1) is 5.92 Å². The molecule has 0 aliphatic carbocycles. The van der Waals surface area contributed by atoms with E-state index in [-0.39, 0.29) is 11.3 Å². The molecule has 0 saturated carbocycles. The van der Waals surface area contributed by atoms with Gasteiger partial charge in [-0.3, -0.25) is 0 Å². The molecule has 0 aliphatic heterocycles. The summed E-state index contributed by atoms with van der Waals surface area (Å²) in [4.78, 5) is 0. The minimum Gasteiger partial charge on any atom is -0.123 e. The monoisotopic (exact) mass is 222 g/mol. The highest BCUT2D eigenvalue weighted by molar-refractivity contribution is 6.67. The lowest BCUT2D eigenvalue weighted by molar-refractivity contribution is 0.510. The van der Waals surface area contributed by atoms with Crippen molar-refractivity contribution in [2.24, 2.45) is 5.92 Å². The second kappa shape index (κ2) is 4.25. The Kier molecular flexibility index (Phi) is 4.74. The van der Waals surface area contributed by atoms with Crippen LogP contribution in [0.3, 0.4) is 0 Å². The third-order valence-corrected chi connectivity index (χ3v) is 2.56. The van der Waals surface area contributed by atoms with Crippen molar-refractivity contribution in [3.63, 3.8) is 0 Å². The lowest BCUT2D eigenvalue weighted by Gasteiger charge is -2.24. The number of alkyl halides is 4.